The highest BCUT2D eigenvalue weighted by molar-refractivity contribution is 7.91. The second kappa shape index (κ2) is 3.45. The zero-order valence-electron chi connectivity index (χ0n) is 8.31. The molecule has 2 atom stereocenters. The van der Waals surface area contributed by atoms with Crippen LogP contribution in [-0.2, 0) is 19.4 Å². The van der Waals surface area contributed by atoms with E-state index in [1.807, 2.05) is 0 Å². The molecule has 2 rings (SSSR count). The van der Waals surface area contributed by atoms with Crippen molar-refractivity contribution in [1.82, 2.24) is 0 Å². The monoisotopic (exact) mass is 234 g/mol. The van der Waals surface area contributed by atoms with Crippen LogP contribution in [0.2, 0.25) is 0 Å². The first kappa shape index (κ1) is 10.9. The molecule has 2 heterocycles. The molecule has 0 saturated carbocycles. The van der Waals surface area contributed by atoms with Gasteiger partial charge in [-0.1, -0.05) is 0 Å². The maximum Gasteiger partial charge on any atom is 0.312 e. The lowest BCUT2D eigenvalue weighted by atomic mass is 9.74. The Balaban J connectivity index is 2.24. The van der Waals surface area contributed by atoms with Gasteiger partial charge in [0.25, 0.3) is 0 Å². The molecule has 0 bridgehead atoms. The summed E-state index contributed by atoms with van der Waals surface area (Å²) in [7, 11) is -3.02. The molecule has 1 N–H and O–H groups in total. The van der Waals surface area contributed by atoms with Crippen LogP contribution in [0.15, 0.2) is 0 Å². The maximum atomic E-state index is 11.3. The maximum absolute atomic E-state index is 11.3. The Bertz CT molecular complexity index is 366. The zero-order chi connectivity index (χ0) is 11.1. The van der Waals surface area contributed by atoms with Crippen molar-refractivity contribution < 1.29 is 23.1 Å². The van der Waals surface area contributed by atoms with Crippen LogP contribution in [0.25, 0.3) is 0 Å². The Morgan fingerprint density at radius 1 is 1.47 bits per heavy atom. The van der Waals surface area contributed by atoms with E-state index in [9.17, 15) is 18.3 Å². The largest absolute Gasteiger partial charge is 0.481 e. The molecule has 2 saturated heterocycles. The van der Waals surface area contributed by atoms with Crippen molar-refractivity contribution in [3.05, 3.63) is 0 Å². The van der Waals surface area contributed by atoms with Crippen molar-refractivity contribution in [2.24, 2.45) is 11.3 Å². The molecule has 0 spiro atoms. The topological polar surface area (TPSA) is 80.7 Å². The molecule has 0 aromatic carbocycles. The van der Waals surface area contributed by atoms with E-state index in [-0.39, 0.29) is 24.0 Å². The minimum absolute atomic E-state index is 0.00264. The number of rotatable bonds is 2. The highest BCUT2D eigenvalue weighted by atomic mass is 32.2. The average Bonchev–Trinajstić information content (AvgIpc) is 2.71. The van der Waals surface area contributed by atoms with Crippen LogP contribution in [0, 0.1) is 11.3 Å². The van der Waals surface area contributed by atoms with Gasteiger partial charge in [0, 0.05) is 6.61 Å². The summed E-state index contributed by atoms with van der Waals surface area (Å²) in [6, 6.07) is 0. The fraction of sp³-hybridized carbons (Fsp3) is 0.889. The quantitative estimate of drug-likeness (QED) is 0.722. The minimum atomic E-state index is -3.02. The van der Waals surface area contributed by atoms with Crippen LogP contribution >= 0.6 is 0 Å². The molecule has 5 nitrogen and oxygen atoms in total. The molecule has 2 fully saturated rings. The van der Waals surface area contributed by atoms with Gasteiger partial charge in [0.05, 0.1) is 23.5 Å². The lowest BCUT2D eigenvalue weighted by molar-refractivity contribution is -0.152. The molecule has 15 heavy (non-hydrogen) atoms. The van der Waals surface area contributed by atoms with Gasteiger partial charge in [-0.25, -0.2) is 8.42 Å². The van der Waals surface area contributed by atoms with E-state index in [1.54, 1.807) is 0 Å². The number of carboxylic acid groups (broad SMARTS) is 1. The summed E-state index contributed by atoms with van der Waals surface area (Å²) in [4.78, 5) is 11.2. The molecule has 2 unspecified atom stereocenters. The number of aliphatic carboxylic acids is 1. The Morgan fingerprint density at radius 3 is 2.60 bits per heavy atom. The lowest BCUT2D eigenvalue weighted by Crippen LogP contribution is -2.40. The first-order chi connectivity index (χ1) is 6.96. The van der Waals surface area contributed by atoms with Crippen molar-refractivity contribution >= 4 is 15.8 Å². The first-order valence-corrected chi connectivity index (χ1v) is 6.80. The van der Waals surface area contributed by atoms with Gasteiger partial charge in [-0.05, 0) is 18.8 Å². The number of carboxylic acids is 1. The third-order valence-corrected chi connectivity index (χ3v) is 5.26. The molecule has 2 aliphatic heterocycles. The second-order valence-corrected chi connectivity index (χ2v) is 6.59. The van der Waals surface area contributed by atoms with Crippen LogP contribution in [-0.4, -0.2) is 44.2 Å². The molecule has 2 aliphatic rings. The van der Waals surface area contributed by atoms with Gasteiger partial charge < -0.3 is 9.84 Å². The molecule has 0 amide bonds. The van der Waals surface area contributed by atoms with E-state index in [0.717, 1.165) is 0 Å². The average molecular weight is 234 g/mol. The van der Waals surface area contributed by atoms with Crippen molar-refractivity contribution in [2.45, 2.75) is 12.8 Å². The Labute approximate surface area is 88.3 Å². The Morgan fingerprint density at radius 2 is 2.20 bits per heavy atom. The number of hydrogen-bond acceptors (Lipinski definition) is 4. The van der Waals surface area contributed by atoms with E-state index in [4.69, 9.17) is 4.74 Å². The van der Waals surface area contributed by atoms with Gasteiger partial charge in [0.2, 0.25) is 0 Å². The molecule has 86 valence electrons. The van der Waals surface area contributed by atoms with Gasteiger partial charge in [-0.2, -0.15) is 0 Å². The van der Waals surface area contributed by atoms with Crippen LogP contribution in [0.3, 0.4) is 0 Å². The van der Waals surface area contributed by atoms with Gasteiger partial charge >= 0.3 is 5.97 Å². The van der Waals surface area contributed by atoms with Gasteiger partial charge in [-0.3, -0.25) is 4.79 Å². The molecular formula is C9H14O5S. The SMILES string of the molecule is O=C(O)C1(C2CCS(=O)(=O)C2)CCOC1. The zero-order valence-corrected chi connectivity index (χ0v) is 9.12. The number of carbonyl (C=O) groups is 1. The number of hydrogen-bond donors (Lipinski definition) is 1. The summed E-state index contributed by atoms with van der Waals surface area (Å²) < 4.78 is 27.8. The lowest BCUT2D eigenvalue weighted by Gasteiger charge is -2.27. The van der Waals surface area contributed by atoms with Gasteiger partial charge in [-0.15, -0.1) is 0 Å². The summed E-state index contributed by atoms with van der Waals surface area (Å²) in [6.07, 6.45) is 0.889. The van der Waals surface area contributed by atoms with Crippen molar-refractivity contribution in [3.63, 3.8) is 0 Å². The minimum Gasteiger partial charge on any atom is -0.481 e. The third kappa shape index (κ3) is 1.76. The highest BCUT2D eigenvalue weighted by Gasteiger charge is 2.52. The molecule has 6 heteroatoms. The number of sulfone groups is 1. The Kier molecular flexibility index (Phi) is 2.50. The number of ether oxygens (including phenoxy) is 1. The first-order valence-electron chi connectivity index (χ1n) is 4.98. The summed E-state index contributed by atoms with van der Waals surface area (Å²) in [5.41, 5.74) is -0.955. The van der Waals surface area contributed by atoms with Crippen molar-refractivity contribution in [2.75, 3.05) is 24.7 Å². The van der Waals surface area contributed by atoms with Gasteiger partial charge in [0.1, 0.15) is 0 Å². The summed E-state index contributed by atoms with van der Waals surface area (Å²) in [5.74, 6) is -1.07. The molecule has 0 aliphatic carbocycles. The summed E-state index contributed by atoms with van der Waals surface area (Å²) >= 11 is 0. The fourth-order valence-electron chi connectivity index (χ4n) is 2.48. The van der Waals surface area contributed by atoms with E-state index in [2.05, 4.69) is 0 Å². The fourth-order valence-corrected chi connectivity index (χ4v) is 4.39. The van der Waals surface area contributed by atoms with E-state index in [0.29, 0.717) is 19.4 Å². The molecule has 0 aromatic rings. The molecule has 0 aromatic heterocycles. The summed E-state index contributed by atoms with van der Waals surface area (Å²) in [6.45, 7) is 0.575. The van der Waals surface area contributed by atoms with Crippen LogP contribution in [0.4, 0.5) is 0 Å². The van der Waals surface area contributed by atoms with E-state index >= 15 is 0 Å². The third-order valence-electron chi connectivity index (χ3n) is 3.49. The normalized spacial score (nSPS) is 39.3. The van der Waals surface area contributed by atoms with Crippen LogP contribution in [0.1, 0.15) is 12.8 Å². The van der Waals surface area contributed by atoms with Crippen LogP contribution < -0.4 is 0 Å². The van der Waals surface area contributed by atoms with Gasteiger partial charge in [0.15, 0.2) is 9.84 Å². The predicted molar refractivity (Wildman–Crippen MR) is 52.3 cm³/mol. The highest BCUT2D eigenvalue weighted by Crippen LogP contribution is 2.42. The summed E-state index contributed by atoms with van der Waals surface area (Å²) in [5, 5.41) is 9.22. The predicted octanol–water partition coefficient (Wildman–Crippen LogP) is -0.0876. The molecular weight excluding hydrogens is 220 g/mol. The Hall–Kier alpha value is -0.620. The van der Waals surface area contributed by atoms with E-state index < -0.39 is 21.2 Å². The van der Waals surface area contributed by atoms with Crippen LogP contribution in [0.5, 0.6) is 0 Å². The smallest absolute Gasteiger partial charge is 0.312 e. The van der Waals surface area contributed by atoms with Crippen molar-refractivity contribution in [3.8, 4) is 0 Å². The molecule has 0 radical (unpaired) electrons. The second-order valence-electron chi connectivity index (χ2n) is 4.36. The van der Waals surface area contributed by atoms with Crippen molar-refractivity contribution in [1.29, 1.82) is 0 Å². The standard InChI is InChI=1S/C9H14O5S/c10-8(11)9(2-3-14-6-9)7-1-4-15(12,13)5-7/h7H,1-6H2,(H,10,11). The van der Waals surface area contributed by atoms with E-state index in [1.165, 1.54) is 0 Å².